The van der Waals surface area contributed by atoms with Crippen molar-refractivity contribution in [3.63, 3.8) is 0 Å². The predicted octanol–water partition coefficient (Wildman–Crippen LogP) is 4.44. The van der Waals surface area contributed by atoms with E-state index in [1.165, 1.54) is 0 Å². The molecule has 0 spiro atoms. The van der Waals surface area contributed by atoms with E-state index in [9.17, 15) is 4.79 Å². The van der Waals surface area contributed by atoms with E-state index < -0.39 is 5.92 Å². The van der Waals surface area contributed by atoms with Gasteiger partial charge in [0.25, 0.3) is 0 Å². The van der Waals surface area contributed by atoms with Gasteiger partial charge in [-0.3, -0.25) is 4.79 Å². The molecule has 0 saturated carbocycles. The van der Waals surface area contributed by atoms with Gasteiger partial charge in [-0.1, -0.05) is 18.2 Å². The lowest BCUT2D eigenvalue weighted by Gasteiger charge is -2.30. The molecule has 3 aromatic heterocycles. The van der Waals surface area contributed by atoms with Crippen molar-refractivity contribution in [3.05, 3.63) is 82.5 Å². The van der Waals surface area contributed by atoms with Crippen molar-refractivity contribution >= 4 is 11.4 Å². The number of hydrogen-bond donors (Lipinski definition) is 0. The zero-order chi connectivity index (χ0) is 22.5. The van der Waals surface area contributed by atoms with Crippen LogP contribution >= 0.6 is 0 Å². The topological polar surface area (TPSA) is 91.8 Å². The molecule has 4 aromatic rings. The van der Waals surface area contributed by atoms with Crippen LogP contribution in [0.5, 0.6) is 11.6 Å². The van der Waals surface area contributed by atoms with E-state index in [-0.39, 0.29) is 12.4 Å². The molecule has 0 saturated heterocycles. The van der Waals surface area contributed by atoms with Crippen molar-refractivity contribution in [2.24, 2.45) is 0 Å². The second-order valence-corrected chi connectivity index (χ2v) is 8.43. The first-order valence-corrected chi connectivity index (χ1v) is 11.0. The number of carbonyl (C=O) groups is 1. The number of nitrogens with zero attached hydrogens (tertiary/aromatic N) is 4. The fourth-order valence-corrected chi connectivity index (χ4v) is 4.73. The van der Waals surface area contributed by atoms with Gasteiger partial charge in [-0.25, -0.2) is 14.5 Å². The van der Waals surface area contributed by atoms with Gasteiger partial charge < -0.3 is 13.9 Å². The highest BCUT2D eigenvalue weighted by Gasteiger charge is 2.40. The Morgan fingerprint density at radius 2 is 2.00 bits per heavy atom. The number of rotatable bonds is 4. The summed E-state index contributed by atoms with van der Waals surface area (Å²) in [6.07, 6.45) is 5.15. The summed E-state index contributed by atoms with van der Waals surface area (Å²) in [5, 5.41) is 4.56. The molecule has 1 atom stereocenters. The van der Waals surface area contributed by atoms with Gasteiger partial charge in [-0.05, 0) is 43.5 Å². The van der Waals surface area contributed by atoms with E-state index >= 15 is 0 Å². The van der Waals surface area contributed by atoms with Crippen LogP contribution in [0.1, 0.15) is 53.5 Å². The fourth-order valence-electron chi connectivity index (χ4n) is 4.73. The van der Waals surface area contributed by atoms with Gasteiger partial charge in [0.1, 0.15) is 30.2 Å². The number of Topliss-reactive ketones (excluding diaryl/α,β-unsaturated/α-hetero) is 1. The SMILES string of the molecule is Cc1cccc(C)c1OCc1nc2c3c(ncn2n1)OC1=C(C(=O)CCC1)[C@H]3c1ccco1. The molecule has 1 aliphatic heterocycles. The molecule has 8 nitrogen and oxygen atoms in total. The van der Waals surface area contributed by atoms with Gasteiger partial charge >= 0.3 is 0 Å². The highest BCUT2D eigenvalue weighted by atomic mass is 16.5. The van der Waals surface area contributed by atoms with Gasteiger partial charge in [0.15, 0.2) is 17.3 Å². The van der Waals surface area contributed by atoms with Crippen molar-refractivity contribution in [2.45, 2.75) is 45.6 Å². The van der Waals surface area contributed by atoms with E-state index in [0.29, 0.717) is 52.8 Å². The zero-order valence-corrected chi connectivity index (χ0v) is 18.4. The maximum absolute atomic E-state index is 12.9. The minimum atomic E-state index is -0.431. The number of fused-ring (bicyclic) bond motifs is 3. The average molecular weight is 442 g/mol. The number of ether oxygens (including phenoxy) is 2. The van der Waals surface area contributed by atoms with Gasteiger partial charge in [-0.2, -0.15) is 0 Å². The second kappa shape index (κ2) is 7.58. The Morgan fingerprint density at radius 1 is 1.15 bits per heavy atom. The van der Waals surface area contributed by atoms with E-state index in [1.807, 2.05) is 44.2 Å². The number of ketones is 1. The number of allylic oxidation sites excluding steroid dienone is 2. The molecule has 33 heavy (non-hydrogen) atoms. The molecule has 6 rings (SSSR count). The molecule has 0 amide bonds. The monoisotopic (exact) mass is 442 g/mol. The van der Waals surface area contributed by atoms with Crippen LogP contribution < -0.4 is 9.47 Å². The molecule has 2 aliphatic rings. The minimum absolute atomic E-state index is 0.0726. The smallest absolute Gasteiger partial charge is 0.228 e. The van der Waals surface area contributed by atoms with E-state index in [2.05, 4.69) is 10.1 Å². The zero-order valence-electron chi connectivity index (χ0n) is 18.4. The van der Waals surface area contributed by atoms with Gasteiger partial charge in [0.05, 0.1) is 17.7 Å². The molecule has 1 aliphatic carbocycles. The van der Waals surface area contributed by atoms with Crippen molar-refractivity contribution in [2.75, 3.05) is 0 Å². The lowest BCUT2D eigenvalue weighted by Crippen LogP contribution is -2.26. The molecule has 4 heterocycles. The predicted molar refractivity (Wildman–Crippen MR) is 118 cm³/mol. The maximum atomic E-state index is 12.9. The first-order chi connectivity index (χ1) is 16.1. The Kier molecular flexibility index (Phi) is 4.53. The molecular formula is C25H22N4O4. The van der Waals surface area contributed by atoms with Crippen LogP contribution in [0.2, 0.25) is 0 Å². The van der Waals surface area contributed by atoms with E-state index in [0.717, 1.165) is 23.3 Å². The number of hydrogen-bond acceptors (Lipinski definition) is 7. The third kappa shape index (κ3) is 3.21. The molecule has 8 heteroatoms. The standard InChI is InChI=1S/C25H22N4O4/c1-14-6-3-7-15(2)23(14)32-12-19-27-24-22-21(17-10-5-11-31-17)20-16(30)8-4-9-18(20)33-25(22)26-13-29(24)28-19/h3,5-7,10-11,13,21H,4,8-9,12H2,1-2H3/t21-/m1/s1. The third-order valence-corrected chi connectivity index (χ3v) is 6.22. The summed E-state index contributed by atoms with van der Waals surface area (Å²) in [6, 6.07) is 9.72. The second-order valence-electron chi connectivity index (χ2n) is 8.43. The molecular weight excluding hydrogens is 420 g/mol. The molecule has 0 unspecified atom stereocenters. The van der Waals surface area contributed by atoms with Crippen LogP contribution in [0, 0.1) is 13.8 Å². The third-order valence-electron chi connectivity index (χ3n) is 6.22. The highest BCUT2D eigenvalue weighted by molar-refractivity contribution is 5.99. The molecule has 0 bridgehead atoms. The van der Waals surface area contributed by atoms with Crippen molar-refractivity contribution in [3.8, 4) is 11.6 Å². The summed E-state index contributed by atoms with van der Waals surface area (Å²) in [5.74, 6) is 2.76. The molecule has 0 radical (unpaired) electrons. The molecule has 166 valence electrons. The van der Waals surface area contributed by atoms with Crippen LogP contribution in [0.4, 0.5) is 0 Å². The van der Waals surface area contributed by atoms with Crippen LogP contribution in [-0.2, 0) is 11.4 Å². The largest absolute Gasteiger partial charge is 0.485 e. The maximum Gasteiger partial charge on any atom is 0.228 e. The number of para-hydroxylation sites is 1. The molecule has 1 aromatic carbocycles. The van der Waals surface area contributed by atoms with Gasteiger partial charge in [-0.15, -0.1) is 5.10 Å². The Bertz CT molecular complexity index is 1400. The Labute approximate surface area is 189 Å². The van der Waals surface area contributed by atoms with Crippen molar-refractivity contribution in [1.82, 2.24) is 19.6 Å². The summed E-state index contributed by atoms with van der Waals surface area (Å²) >= 11 is 0. The summed E-state index contributed by atoms with van der Waals surface area (Å²) in [4.78, 5) is 22.2. The minimum Gasteiger partial charge on any atom is -0.485 e. The summed E-state index contributed by atoms with van der Waals surface area (Å²) in [5.41, 5.74) is 4.01. The van der Waals surface area contributed by atoms with Crippen LogP contribution in [0.15, 0.2) is 58.7 Å². The number of aryl methyl sites for hydroxylation is 2. The average Bonchev–Trinajstić information content (AvgIpc) is 3.47. The normalized spacial score (nSPS) is 17.6. The number of carbonyl (C=O) groups excluding carboxylic acids is 1. The van der Waals surface area contributed by atoms with Crippen molar-refractivity contribution in [1.29, 1.82) is 0 Å². The Morgan fingerprint density at radius 3 is 2.79 bits per heavy atom. The lowest BCUT2D eigenvalue weighted by atomic mass is 9.80. The fraction of sp³-hybridized carbons (Fsp3) is 0.280. The van der Waals surface area contributed by atoms with Crippen LogP contribution in [0.3, 0.4) is 0 Å². The van der Waals surface area contributed by atoms with Crippen LogP contribution in [0.25, 0.3) is 5.65 Å². The summed E-state index contributed by atoms with van der Waals surface area (Å²) in [7, 11) is 0. The van der Waals surface area contributed by atoms with E-state index in [1.54, 1.807) is 17.1 Å². The van der Waals surface area contributed by atoms with Gasteiger partial charge in [0, 0.05) is 18.4 Å². The quantitative estimate of drug-likeness (QED) is 0.461. The Hall–Kier alpha value is -3.94. The number of benzene rings is 1. The molecule has 0 N–H and O–H groups in total. The first-order valence-electron chi connectivity index (χ1n) is 11.0. The number of furan rings is 1. The Balaban J connectivity index is 1.44. The summed E-state index contributed by atoms with van der Waals surface area (Å²) < 4.78 is 19.5. The van der Waals surface area contributed by atoms with Gasteiger partial charge in [0.2, 0.25) is 5.88 Å². The van der Waals surface area contributed by atoms with Crippen molar-refractivity contribution < 1.29 is 18.7 Å². The van der Waals surface area contributed by atoms with E-state index in [4.69, 9.17) is 18.9 Å². The highest BCUT2D eigenvalue weighted by Crippen LogP contribution is 2.47. The van der Waals surface area contributed by atoms with Crippen LogP contribution in [-0.4, -0.2) is 25.4 Å². The summed E-state index contributed by atoms with van der Waals surface area (Å²) in [6.45, 7) is 4.23. The molecule has 0 fully saturated rings. The first kappa shape index (κ1) is 19.7. The lowest BCUT2D eigenvalue weighted by molar-refractivity contribution is -0.116. The number of aromatic nitrogens is 4.